The number of rotatable bonds is 1. The Kier molecular flexibility index (Phi) is 2.25. The van der Waals surface area contributed by atoms with Gasteiger partial charge in [0.25, 0.3) is 0 Å². The molecule has 1 unspecified atom stereocenters. The summed E-state index contributed by atoms with van der Waals surface area (Å²) in [5.41, 5.74) is 2.62. The Balaban J connectivity index is 2.55. The highest BCUT2D eigenvalue weighted by atomic mass is 32.1. The SMILES string of the molecule is Pc1ccccc1-c1ccsc1. The molecule has 0 radical (unpaired) electrons. The molecule has 0 saturated heterocycles. The Bertz CT molecular complexity index is 365. The van der Waals surface area contributed by atoms with Gasteiger partial charge in [0.05, 0.1) is 0 Å². The van der Waals surface area contributed by atoms with E-state index in [0.29, 0.717) is 0 Å². The van der Waals surface area contributed by atoms with E-state index in [1.807, 2.05) is 0 Å². The molecule has 0 aliphatic carbocycles. The van der Waals surface area contributed by atoms with E-state index in [2.05, 4.69) is 50.3 Å². The van der Waals surface area contributed by atoms with Gasteiger partial charge in [-0.05, 0) is 33.3 Å². The largest absolute Gasteiger partial charge is 0.152 e. The second-order valence-corrected chi connectivity index (χ2v) is 4.00. The lowest BCUT2D eigenvalue weighted by molar-refractivity contribution is 1.73. The monoisotopic (exact) mass is 192 g/mol. The molecule has 0 fully saturated rings. The van der Waals surface area contributed by atoms with Gasteiger partial charge in [-0.15, -0.1) is 9.24 Å². The van der Waals surface area contributed by atoms with Gasteiger partial charge in [-0.2, -0.15) is 11.3 Å². The highest BCUT2D eigenvalue weighted by Crippen LogP contribution is 2.21. The first kappa shape index (κ1) is 7.97. The van der Waals surface area contributed by atoms with Gasteiger partial charge >= 0.3 is 0 Å². The van der Waals surface area contributed by atoms with E-state index in [9.17, 15) is 0 Å². The summed E-state index contributed by atoms with van der Waals surface area (Å²) in [6.45, 7) is 0. The summed E-state index contributed by atoms with van der Waals surface area (Å²) < 4.78 is 0. The van der Waals surface area contributed by atoms with Crippen LogP contribution < -0.4 is 5.30 Å². The van der Waals surface area contributed by atoms with Gasteiger partial charge in [0, 0.05) is 0 Å². The molecule has 12 heavy (non-hydrogen) atoms. The van der Waals surface area contributed by atoms with Crippen LogP contribution in [0.3, 0.4) is 0 Å². The van der Waals surface area contributed by atoms with E-state index >= 15 is 0 Å². The van der Waals surface area contributed by atoms with E-state index in [1.54, 1.807) is 11.3 Å². The molecular formula is C10H9PS. The number of benzene rings is 1. The minimum atomic E-state index is 1.26. The average molecular weight is 192 g/mol. The molecule has 0 aliphatic rings. The molecule has 0 N–H and O–H groups in total. The van der Waals surface area contributed by atoms with Gasteiger partial charge in [0.2, 0.25) is 0 Å². The zero-order valence-electron chi connectivity index (χ0n) is 6.53. The quantitative estimate of drug-likeness (QED) is 0.609. The molecule has 2 aromatic rings. The molecule has 0 spiro atoms. The molecule has 1 heterocycles. The van der Waals surface area contributed by atoms with Crippen molar-refractivity contribution in [3.05, 3.63) is 41.1 Å². The fourth-order valence-corrected chi connectivity index (χ4v) is 2.21. The molecule has 0 bridgehead atoms. The smallest absolute Gasteiger partial charge is 0.00145 e. The Morgan fingerprint density at radius 1 is 1.08 bits per heavy atom. The van der Waals surface area contributed by atoms with Gasteiger partial charge in [0.15, 0.2) is 0 Å². The van der Waals surface area contributed by atoms with Crippen molar-refractivity contribution in [2.45, 2.75) is 0 Å². The Morgan fingerprint density at radius 3 is 2.58 bits per heavy atom. The van der Waals surface area contributed by atoms with Crippen LogP contribution in [0.5, 0.6) is 0 Å². The van der Waals surface area contributed by atoms with Crippen molar-refractivity contribution < 1.29 is 0 Å². The molecule has 1 atom stereocenters. The number of hydrogen-bond acceptors (Lipinski definition) is 1. The Labute approximate surface area is 78.5 Å². The van der Waals surface area contributed by atoms with Gasteiger partial charge in [-0.1, -0.05) is 24.3 Å². The normalized spacial score (nSPS) is 10.1. The third kappa shape index (κ3) is 1.43. The van der Waals surface area contributed by atoms with Crippen molar-refractivity contribution in [1.29, 1.82) is 0 Å². The van der Waals surface area contributed by atoms with Crippen LogP contribution in [0.15, 0.2) is 41.1 Å². The standard InChI is InChI=1S/C10H9PS/c11-10-4-2-1-3-9(10)8-5-6-12-7-8/h1-7H,11H2. The molecule has 0 nitrogen and oxygen atoms in total. The summed E-state index contributed by atoms with van der Waals surface area (Å²) >= 11 is 1.73. The molecule has 60 valence electrons. The van der Waals surface area contributed by atoms with Crippen LogP contribution in [0, 0.1) is 0 Å². The third-order valence-electron chi connectivity index (χ3n) is 1.79. The van der Waals surface area contributed by atoms with Gasteiger partial charge < -0.3 is 0 Å². The van der Waals surface area contributed by atoms with Crippen LogP contribution in [0.4, 0.5) is 0 Å². The fraction of sp³-hybridized carbons (Fsp3) is 0. The summed E-state index contributed by atoms with van der Waals surface area (Å²) in [5, 5.41) is 5.53. The van der Waals surface area contributed by atoms with Crippen LogP contribution in [0.2, 0.25) is 0 Å². The van der Waals surface area contributed by atoms with Crippen molar-refractivity contribution in [3.8, 4) is 11.1 Å². The maximum absolute atomic E-state index is 2.76. The molecule has 2 rings (SSSR count). The van der Waals surface area contributed by atoms with Crippen molar-refractivity contribution in [3.63, 3.8) is 0 Å². The van der Waals surface area contributed by atoms with Crippen molar-refractivity contribution >= 4 is 25.9 Å². The van der Waals surface area contributed by atoms with Crippen LogP contribution in [0.1, 0.15) is 0 Å². The van der Waals surface area contributed by atoms with Gasteiger partial charge in [-0.25, -0.2) is 0 Å². The number of hydrogen-bond donors (Lipinski definition) is 0. The van der Waals surface area contributed by atoms with Crippen LogP contribution in [0.25, 0.3) is 11.1 Å². The molecule has 2 heteroatoms. The van der Waals surface area contributed by atoms with Gasteiger partial charge in [-0.3, -0.25) is 0 Å². The van der Waals surface area contributed by atoms with E-state index in [-0.39, 0.29) is 0 Å². The maximum atomic E-state index is 2.76. The zero-order valence-corrected chi connectivity index (χ0v) is 8.50. The lowest BCUT2D eigenvalue weighted by Gasteiger charge is -2.00. The average Bonchev–Trinajstić information content (AvgIpc) is 2.57. The van der Waals surface area contributed by atoms with Crippen LogP contribution >= 0.6 is 20.6 Å². The first-order valence-electron chi connectivity index (χ1n) is 3.75. The second kappa shape index (κ2) is 3.38. The van der Waals surface area contributed by atoms with E-state index in [1.165, 1.54) is 16.4 Å². The molecule has 1 aromatic carbocycles. The summed E-state index contributed by atoms with van der Waals surface area (Å²) in [4.78, 5) is 0. The van der Waals surface area contributed by atoms with E-state index in [4.69, 9.17) is 0 Å². The number of thiophene rings is 1. The predicted molar refractivity (Wildman–Crippen MR) is 59.1 cm³/mol. The molecule has 0 saturated carbocycles. The van der Waals surface area contributed by atoms with Crippen molar-refractivity contribution in [2.24, 2.45) is 0 Å². The third-order valence-corrected chi connectivity index (χ3v) is 2.98. The first-order chi connectivity index (χ1) is 5.88. The van der Waals surface area contributed by atoms with Crippen molar-refractivity contribution in [1.82, 2.24) is 0 Å². The predicted octanol–water partition coefficient (Wildman–Crippen LogP) is 2.92. The van der Waals surface area contributed by atoms with E-state index in [0.717, 1.165) is 0 Å². The summed E-state index contributed by atoms with van der Waals surface area (Å²) in [6, 6.07) is 10.5. The van der Waals surface area contributed by atoms with Gasteiger partial charge in [0.1, 0.15) is 0 Å². The maximum Gasteiger partial charge on any atom is -0.00145 e. The minimum absolute atomic E-state index is 1.26. The van der Waals surface area contributed by atoms with E-state index < -0.39 is 0 Å². The molecule has 0 amide bonds. The molecule has 0 aliphatic heterocycles. The lowest BCUT2D eigenvalue weighted by Crippen LogP contribution is -1.93. The highest BCUT2D eigenvalue weighted by Gasteiger charge is 1.99. The second-order valence-electron chi connectivity index (χ2n) is 2.60. The highest BCUT2D eigenvalue weighted by molar-refractivity contribution is 7.28. The Hall–Kier alpha value is -0.650. The minimum Gasteiger partial charge on any atom is -0.152 e. The molecule has 1 aromatic heterocycles. The zero-order chi connectivity index (χ0) is 8.39. The summed E-state index contributed by atoms with van der Waals surface area (Å²) in [5.74, 6) is 0. The first-order valence-corrected chi connectivity index (χ1v) is 5.27. The summed E-state index contributed by atoms with van der Waals surface area (Å²) in [6.07, 6.45) is 0. The van der Waals surface area contributed by atoms with Crippen molar-refractivity contribution in [2.75, 3.05) is 0 Å². The fourth-order valence-electron chi connectivity index (χ4n) is 1.18. The van der Waals surface area contributed by atoms with Crippen LogP contribution in [-0.2, 0) is 0 Å². The lowest BCUT2D eigenvalue weighted by atomic mass is 10.1. The van der Waals surface area contributed by atoms with Crippen LogP contribution in [-0.4, -0.2) is 0 Å². The molecular weight excluding hydrogens is 183 g/mol. The topological polar surface area (TPSA) is 0 Å². The summed E-state index contributed by atoms with van der Waals surface area (Å²) in [7, 11) is 2.76. The Morgan fingerprint density at radius 2 is 1.92 bits per heavy atom.